The topological polar surface area (TPSA) is 12.5 Å². The van der Waals surface area contributed by atoms with Crippen molar-refractivity contribution in [3.63, 3.8) is 0 Å². The minimum atomic E-state index is -2.99. The number of halogens is 2. The normalized spacial score (nSPS) is 19.0. The van der Waals surface area contributed by atoms with E-state index in [-0.39, 0.29) is 0 Å². The zero-order valence-corrected chi connectivity index (χ0v) is 14.4. The van der Waals surface area contributed by atoms with Crippen LogP contribution in [0.3, 0.4) is 0 Å². The van der Waals surface area contributed by atoms with E-state index in [1.165, 1.54) is 0 Å². The molecule has 1 aliphatic heterocycles. The lowest BCUT2D eigenvalue weighted by atomic mass is 9.89. The first-order chi connectivity index (χ1) is 11.5. The second kappa shape index (κ2) is 7.21. The van der Waals surface area contributed by atoms with Gasteiger partial charge in [-0.1, -0.05) is 48.5 Å². The van der Waals surface area contributed by atoms with E-state index in [0.717, 1.165) is 0 Å². The summed E-state index contributed by atoms with van der Waals surface area (Å²) in [5.74, 6) is 0. The van der Waals surface area contributed by atoms with Crippen molar-refractivity contribution in [1.82, 2.24) is 4.90 Å². The van der Waals surface area contributed by atoms with Crippen LogP contribution >= 0.6 is 11.8 Å². The van der Waals surface area contributed by atoms with Crippen molar-refractivity contribution in [2.45, 2.75) is 22.6 Å². The second-order valence-corrected chi connectivity index (χ2v) is 7.16. The number of hydrogen-bond acceptors (Lipinski definition) is 3. The Bertz CT molecular complexity index is 647. The minimum Gasteiger partial charge on any atom is -0.379 e. The predicted molar refractivity (Wildman–Crippen MR) is 93.4 cm³/mol. The number of ether oxygens (including phenoxy) is 1. The standard InChI is InChI=1S/C19H21F2NOS/c1-18(16-8-4-2-5-9-16,22-12-14-23-15-13-22)19(20,21)24-17-10-6-3-7-11-17/h2-11H,12-15H2,1H3. The summed E-state index contributed by atoms with van der Waals surface area (Å²) in [6.45, 7) is 3.60. The molecule has 1 unspecified atom stereocenters. The third-order valence-corrected chi connectivity index (χ3v) is 5.70. The van der Waals surface area contributed by atoms with Crippen LogP contribution in [0.25, 0.3) is 0 Å². The summed E-state index contributed by atoms with van der Waals surface area (Å²) in [7, 11) is 0. The minimum absolute atomic E-state index is 0.481. The molecule has 2 nitrogen and oxygen atoms in total. The third kappa shape index (κ3) is 3.34. The zero-order chi connectivity index (χ0) is 17.0. The highest BCUT2D eigenvalue weighted by Crippen LogP contribution is 2.51. The van der Waals surface area contributed by atoms with Gasteiger partial charge in [0.05, 0.1) is 13.2 Å². The fourth-order valence-corrected chi connectivity index (χ4v) is 4.08. The van der Waals surface area contributed by atoms with Crippen LogP contribution in [0.15, 0.2) is 65.6 Å². The lowest BCUT2D eigenvalue weighted by Crippen LogP contribution is -2.57. The molecule has 1 aliphatic rings. The molecule has 0 radical (unpaired) electrons. The molecule has 24 heavy (non-hydrogen) atoms. The summed E-state index contributed by atoms with van der Waals surface area (Å²) in [5, 5.41) is -2.99. The first kappa shape index (κ1) is 17.4. The second-order valence-electron chi connectivity index (χ2n) is 5.97. The molecule has 5 heteroatoms. The van der Waals surface area contributed by atoms with Crippen molar-refractivity contribution in [2.75, 3.05) is 26.3 Å². The predicted octanol–water partition coefficient (Wildman–Crippen LogP) is 4.62. The molecule has 0 bridgehead atoms. The molecule has 0 spiro atoms. The Morgan fingerprint density at radius 3 is 2.04 bits per heavy atom. The van der Waals surface area contributed by atoms with Gasteiger partial charge < -0.3 is 4.74 Å². The number of nitrogens with zero attached hydrogens (tertiary/aromatic N) is 1. The number of morpholine rings is 1. The van der Waals surface area contributed by atoms with Gasteiger partial charge in [0.2, 0.25) is 0 Å². The molecule has 0 aliphatic carbocycles. The highest BCUT2D eigenvalue weighted by atomic mass is 32.2. The van der Waals surface area contributed by atoms with Gasteiger partial charge in [-0.3, -0.25) is 4.90 Å². The van der Waals surface area contributed by atoms with Crippen LogP contribution in [0.4, 0.5) is 8.78 Å². The van der Waals surface area contributed by atoms with E-state index >= 15 is 8.78 Å². The molecular formula is C19H21F2NOS. The van der Waals surface area contributed by atoms with Crippen LogP contribution in [0, 0.1) is 0 Å². The van der Waals surface area contributed by atoms with Crippen LogP contribution in [0.2, 0.25) is 0 Å². The Labute approximate surface area is 145 Å². The molecule has 2 aromatic carbocycles. The van der Waals surface area contributed by atoms with E-state index in [2.05, 4.69) is 0 Å². The van der Waals surface area contributed by atoms with Crippen LogP contribution < -0.4 is 0 Å². The first-order valence-electron chi connectivity index (χ1n) is 8.04. The van der Waals surface area contributed by atoms with Crippen molar-refractivity contribution >= 4 is 11.8 Å². The van der Waals surface area contributed by atoms with Gasteiger partial charge >= 0.3 is 5.25 Å². The number of hydrogen-bond donors (Lipinski definition) is 0. The van der Waals surface area contributed by atoms with E-state index in [1.807, 2.05) is 29.2 Å². The van der Waals surface area contributed by atoms with Gasteiger partial charge in [0, 0.05) is 18.0 Å². The smallest absolute Gasteiger partial charge is 0.320 e. The van der Waals surface area contributed by atoms with Gasteiger partial charge in [-0.05, 0) is 36.4 Å². The van der Waals surface area contributed by atoms with E-state index in [9.17, 15) is 0 Å². The summed E-state index contributed by atoms with van der Waals surface area (Å²) in [4.78, 5) is 2.42. The van der Waals surface area contributed by atoms with Crippen molar-refractivity contribution in [1.29, 1.82) is 0 Å². The van der Waals surface area contributed by atoms with Crippen molar-refractivity contribution in [3.05, 3.63) is 66.2 Å². The number of rotatable bonds is 5. The van der Waals surface area contributed by atoms with Gasteiger partial charge in [0.15, 0.2) is 0 Å². The maximum absolute atomic E-state index is 15.5. The molecule has 3 rings (SSSR count). The Kier molecular flexibility index (Phi) is 5.23. The van der Waals surface area contributed by atoms with E-state index < -0.39 is 10.8 Å². The van der Waals surface area contributed by atoms with E-state index in [0.29, 0.717) is 48.5 Å². The molecular weight excluding hydrogens is 328 g/mol. The lowest BCUT2D eigenvalue weighted by molar-refractivity contribution is -0.107. The summed E-state index contributed by atoms with van der Waals surface area (Å²) in [5.41, 5.74) is -0.779. The van der Waals surface area contributed by atoms with Gasteiger partial charge in [0.25, 0.3) is 0 Å². The molecule has 2 aromatic rings. The highest BCUT2D eigenvalue weighted by molar-refractivity contribution is 8.00. The van der Waals surface area contributed by atoms with Gasteiger partial charge in [-0.2, -0.15) is 8.78 Å². The monoisotopic (exact) mass is 349 g/mol. The number of alkyl halides is 2. The summed E-state index contributed by atoms with van der Waals surface area (Å²) < 4.78 is 36.4. The fraction of sp³-hybridized carbons (Fsp3) is 0.368. The Morgan fingerprint density at radius 1 is 0.917 bits per heavy atom. The summed E-state index contributed by atoms with van der Waals surface area (Å²) in [6, 6.07) is 17.9. The Balaban J connectivity index is 1.99. The van der Waals surface area contributed by atoms with Crippen LogP contribution in [-0.4, -0.2) is 36.5 Å². The maximum atomic E-state index is 15.5. The molecule has 1 heterocycles. The molecule has 1 fully saturated rings. The van der Waals surface area contributed by atoms with Crippen molar-refractivity contribution in [2.24, 2.45) is 0 Å². The zero-order valence-electron chi connectivity index (χ0n) is 13.6. The first-order valence-corrected chi connectivity index (χ1v) is 8.86. The van der Waals surface area contributed by atoms with E-state index in [1.54, 1.807) is 43.3 Å². The molecule has 0 amide bonds. The number of thioether (sulfide) groups is 1. The fourth-order valence-electron chi connectivity index (χ4n) is 3.04. The SMILES string of the molecule is CC(c1ccccc1)(N1CCOCC1)C(F)(F)Sc1ccccc1. The average Bonchev–Trinajstić information content (AvgIpc) is 2.63. The van der Waals surface area contributed by atoms with Crippen molar-refractivity contribution in [3.8, 4) is 0 Å². The lowest BCUT2D eigenvalue weighted by Gasteiger charge is -2.47. The molecule has 0 saturated carbocycles. The van der Waals surface area contributed by atoms with Crippen LogP contribution in [0.5, 0.6) is 0 Å². The van der Waals surface area contributed by atoms with Gasteiger partial charge in [-0.15, -0.1) is 0 Å². The largest absolute Gasteiger partial charge is 0.379 e. The maximum Gasteiger partial charge on any atom is 0.320 e. The Morgan fingerprint density at radius 2 is 1.46 bits per heavy atom. The van der Waals surface area contributed by atoms with Crippen LogP contribution in [0.1, 0.15) is 12.5 Å². The summed E-state index contributed by atoms with van der Waals surface area (Å²) >= 11 is 0.626. The Hall–Kier alpha value is -1.43. The van der Waals surface area contributed by atoms with E-state index in [4.69, 9.17) is 4.74 Å². The number of benzene rings is 2. The van der Waals surface area contributed by atoms with Crippen molar-refractivity contribution < 1.29 is 13.5 Å². The van der Waals surface area contributed by atoms with Crippen LogP contribution in [-0.2, 0) is 10.3 Å². The quantitative estimate of drug-likeness (QED) is 0.731. The molecule has 128 valence electrons. The van der Waals surface area contributed by atoms with Gasteiger partial charge in [-0.25, -0.2) is 0 Å². The summed E-state index contributed by atoms with van der Waals surface area (Å²) in [6.07, 6.45) is 0. The van der Waals surface area contributed by atoms with Gasteiger partial charge in [0.1, 0.15) is 5.54 Å². The third-order valence-electron chi connectivity index (χ3n) is 4.54. The molecule has 0 aromatic heterocycles. The molecule has 0 N–H and O–H groups in total. The highest BCUT2D eigenvalue weighted by Gasteiger charge is 2.56. The average molecular weight is 349 g/mol. The molecule has 1 atom stereocenters. The molecule has 1 saturated heterocycles.